The summed E-state index contributed by atoms with van der Waals surface area (Å²) in [6.07, 6.45) is 10.7. The zero-order valence-electron chi connectivity index (χ0n) is 15.6. The SMILES string of the molecule is CC(=O)[C@H]1CC[C@H]2[C@@H]3CC[C@H]4C/C(=N/O)CC[C@]4(C)[C@H]3CC[C@]12C. The molecule has 4 aliphatic rings. The summed E-state index contributed by atoms with van der Waals surface area (Å²) in [6.45, 7) is 6.78. The summed E-state index contributed by atoms with van der Waals surface area (Å²) in [5, 5.41) is 12.7. The molecule has 0 aromatic carbocycles. The highest BCUT2D eigenvalue weighted by Crippen LogP contribution is 2.67. The molecule has 0 heterocycles. The molecule has 0 aliphatic heterocycles. The first-order chi connectivity index (χ1) is 11.4. The molecule has 3 heteroatoms. The lowest BCUT2D eigenvalue weighted by Gasteiger charge is -2.60. The molecule has 4 rings (SSSR count). The first kappa shape index (κ1) is 16.6. The maximum Gasteiger partial charge on any atom is 0.133 e. The Labute approximate surface area is 146 Å². The molecule has 0 aromatic rings. The second kappa shape index (κ2) is 5.57. The Morgan fingerprint density at radius 1 is 1.04 bits per heavy atom. The van der Waals surface area contributed by atoms with Crippen LogP contribution in [0.5, 0.6) is 0 Å². The van der Waals surface area contributed by atoms with Crippen molar-refractivity contribution in [3.8, 4) is 0 Å². The van der Waals surface area contributed by atoms with Crippen molar-refractivity contribution in [3.05, 3.63) is 0 Å². The predicted octanol–water partition coefficient (Wildman–Crippen LogP) is 5.06. The van der Waals surface area contributed by atoms with E-state index in [1.54, 1.807) is 0 Å². The molecule has 4 fully saturated rings. The third-order valence-electron chi connectivity index (χ3n) is 9.13. The molecule has 0 amide bonds. The lowest BCUT2D eigenvalue weighted by Crippen LogP contribution is -2.53. The Balaban J connectivity index is 1.61. The highest BCUT2D eigenvalue weighted by molar-refractivity contribution is 5.85. The second-order valence-corrected chi connectivity index (χ2v) is 9.81. The molecule has 3 nitrogen and oxygen atoms in total. The van der Waals surface area contributed by atoms with E-state index in [1.165, 1.54) is 38.5 Å². The van der Waals surface area contributed by atoms with Gasteiger partial charge in [-0.25, -0.2) is 0 Å². The predicted molar refractivity (Wildman–Crippen MR) is 95.1 cm³/mol. The summed E-state index contributed by atoms with van der Waals surface area (Å²) in [5.74, 6) is 3.85. The number of rotatable bonds is 1. The van der Waals surface area contributed by atoms with E-state index in [9.17, 15) is 10.0 Å². The minimum atomic E-state index is 0.266. The van der Waals surface area contributed by atoms with E-state index >= 15 is 0 Å². The summed E-state index contributed by atoms with van der Waals surface area (Å²) in [4.78, 5) is 12.2. The van der Waals surface area contributed by atoms with Crippen molar-refractivity contribution in [2.75, 3.05) is 0 Å². The van der Waals surface area contributed by atoms with Crippen LogP contribution >= 0.6 is 0 Å². The normalized spacial score (nSPS) is 52.5. The van der Waals surface area contributed by atoms with Gasteiger partial charge < -0.3 is 5.21 Å². The van der Waals surface area contributed by atoms with Crippen LogP contribution in [0.1, 0.15) is 78.6 Å². The van der Waals surface area contributed by atoms with Crippen LogP contribution in [0, 0.1) is 40.4 Å². The average Bonchev–Trinajstić information content (AvgIpc) is 2.91. The Morgan fingerprint density at radius 3 is 2.50 bits per heavy atom. The largest absolute Gasteiger partial charge is 0.411 e. The highest BCUT2D eigenvalue weighted by atomic mass is 16.4. The first-order valence-corrected chi connectivity index (χ1v) is 10.1. The molecule has 0 bridgehead atoms. The lowest BCUT2D eigenvalue weighted by atomic mass is 9.44. The average molecular weight is 332 g/mol. The number of oxime groups is 1. The van der Waals surface area contributed by atoms with Crippen LogP contribution in [0.2, 0.25) is 0 Å². The maximum absolute atomic E-state index is 12.2. The van der Waals surface area contributed by atoms with Crippen LogP contribution in [0.25, 0.3) is 0 Å². The third kappa shape index (κ3) is 2.15. The van der Waals surface area contributed by atoms with Gasteiger partial charge in [0.1, 0.15) is 5.78 Å². The fourth-order valence-corrected chi connectivity index (χ4v) is 7.82. The van der Waals surface area contributed by atoms with Crippen molar-refractivity contribution >= 4 is 11.5 Å². The van der Waals surface area contributed by atoms with Crippen LogP contribution in [-0.4, -0.2) is 16.7 Å². The molecular formula is C21H33NO2. The molecule has 134 valence electrons. The number of hydrogen-bond donors (Lipinski definition) is 1. The van der Waals surface area contributed by atoms with E-state index < -0.39 is 0 Å². The zero-order valence-corrected chi connectivity index (χ0v) is 15.6. The van der Waals surface area contributed by atoms with E-state index in [0.29, 0.717) is 23.0 Å². The number of ketones is 1. The molecule has 0 radical (unpaired) electrons. The highest BCUT2D eigenvalue weighted by Gasteiger charge is 2.60. The summed E-state index contributed by atoms with van der Waals surface area (Å²) < 4.78 is 0. The van der Waals surface area contributed by atoms with Gasteiger partial charge in [0.25, 0.3) is 0 Å². The van der Waals surface area contributed by atoms with Crippen LogP contribution in [0.4, 0.5) is 0 Å². The third-order valence-corrected chi connectivity index (χ3v) is 9.13. The van der Waals surface area contributed by atoms with Gasteiger partial charge >= 0.3 is 0 Å². The van der Waals surface area contributed by atoms with Gasteiger partial charge in [0.15, 0.2) is 0 Å². The van der Waals surface area contributed by atoms with Crippen molar-refractivity contribution in [2.45, 2.75) is 78.6 Å². The van der Waals surface area contributed by atoms with Gasteiger partial charge in [-0.2, -0.15) is 0 Å². The van der Waals surface area contributed by atoms with Crippen molar-refractivity contribution in [2.24, 2.45) is 45.6 Å². The summed E-state index contributed by atoms with van der Waals surface area (Å²) in [6, 6.07) is 0. The van der Waals surface area contributed by atoms with Gasteiger partial charge in [0.05, 0.1) is 5.71 Å². The van der Waals surface area contributed by atoms with Crippen LogP contribution in [-0.2, 0) is 4.79 Å². The van der Waals surface area contributed by atoms with E-state index in [0.717, 1.165) is 42.7 Å². The van der Waals surface area contributed by atoms with Gasteiger partial charge in [-0.1, -0.05) is 19.0 Å². The molecule has 1 N–H and O–H groups in total. The van der Waals surface area contributed by atoms with Crippen LogP contribution < -0.4 is 0 Å². The minimum Gasteiger partial charge on any atom is -0.411 e. The molecule has 24 heavy (non-hydrogen) atoms. The van der Waals surface area contributed by atoms with Crippen LogP contribution in [0.3, 0.4) is 0 Å². The number of fused-ring (bicyclic) bond motifs is 5. The zero-order chi connectivity index (χ0) is 17.1. The monoisotopic (exact) mass is 331 g/mol. The molecule has 0 unspecified atom stereocenters. The maximum atomic E-state index is 12.2. The number of Topliss-reactive ketones (excluding diaryl/α,β-unsaturated/α-hetero) is 1. The second-order valence-electron chi connectivity index (χ2n) is 9.81. The van der Waals surface area contributed by atoms with Gasteiger partial charge in [-0.3, -0.25) is 4.79 Å². The molecule has 4 saturated carbocycles. The van der Waals surface area contributed by atoms with E-state index in [1.807, 2.05) is 6.92 Å². The number of carbonyl (C=O) groups is 1. The van der Waals surface area contributed by atoms with Crippen molar-refractivity contribution < 1.29 is 10.0 Å². The molecule has 0 saturated heterocycles. The van der Waals surface area contributed by atoms with Gasteiger partial charge in [-0.05, 0) is 99.2 Å². The molecular weight excluding hydrogens is 298 g/mol. The Morgan fingerprint density at radius 2 is 1.79 bits per heavy atom. The van der Waals surface area contributed by atoms with Gasteiger partial charge in [0, 0.05) is 5.92 Å². The quantitative estimate of drug-likeness (QED) is 0.539. The first-order valence-electron chi connectivity index (χ1n) is 10.1. The lowest BCUT2D eigenvalue weighted by molar-refractivity contribution is -0.131. The number of carbonyl (C=O) groups excluding carboxylic acids is 1. The molecule has 0 spiro atoms. The van der Waals surface area contributed by atoms with Gasteiger partial charge in [-0.15, -0.1) is 0 Å². The van der Waals surface area contributed by atoms with Gasteiger partial charge in [0.2, 0.25) is 0 Å². The van der Waals surface area contributed by atoms with E-state index in [4.69, 9.17) is 0 Å². The van der Waals surface area contributed by atoms with Crippen molar-refractivity contribution in [1.82, 2.24) is 0 Å². The topological polar surface area (TPSA) is 49.7 Å². The molecule has 7 atom stereocenters. The van der Waals surface area contributed by atoms with Crippen molar-refractivity contribution in [3.63, 3.8) is 0 Å². The molecule has 0 aromatic heterocycles. The Bertz CT molecular complexity index is 570. The Kier molecular flexibility index (Phi) is 3.85. The summed E-state index contributed by atoms with van der Waals surface area (Å²) in [7, 11) is 0. The van der Waals surface area contributed by atoms with Crippen LogP contribution in [0.15, 0.2) is 5.16 Å². The fraction of sp³-hybridized carbons (Fsp3) is 0.905. The van der Waals surface area contributed by atoms with Crippen molar-refractivity contribution in [1.29, 1.82) is 0 Å². The Hall–Kier alpha value is -0.860. The van der Waals surface area contributed by atoms with E-state index in [2.05, 4.69) is 19.0 Å². The smallest absolute Gasteiger partial charge is 0.133 e. The van der Waals surface area contributed by atoms with E-state index in [-0.39, 0.29) is 5.41 Å². The minimum absolute atomic E-state index is 0.266. The summed E-state index contributed by atoms with van der Waals surface area (Å²) >= 11 is 0. The molecule has 4 aliphatic carbocycles. The fourth-order valence-electron chi connectivity index (χ4n) is 7.82. The number of nitrogens with zero attached hydrogens (tertiary/aromatic N) is 1. The number of hydrogen-bond acceptors (Lipinski definition) is 3. The summed E-state index contributed by atoms with van der Waals surface area (Å²) in [5.41, 5.74) is 1.71. The standard InChI is InChI=1S/C21H33NO2/c1-13(23)17-6-7-18-16-5-4-14-12-15(22-24)8-10-20(14,2)19(16)9-11-21(17,18)3/h14,16-19,24H,4-12H2,1-3H3/b22-15+/t14-,16-,17+,18-,19-,20-,21+/m0/s1.